The summed E-state index contributed by atoms with van der Waals surface area (Å²) in [7, 11) is 0. The Labute approximate surface area is 76.6 Å². The van der Waals surface area contributed by atoms with E-state index < -0.39 is 0 Å². The molecule has 2 heteroatoms. The molecule has 0 aliphatic rings. The van der Waals surface area contributed by atoms with E-state index in [9.17, 15) is 0 Å². The third-order valence-corrected chi connectivity index (χ3v) is 1.85. The lowest BCUT2D eigenvalue weighted by atomic mass is 10.1. The van der Waals surface area contributed by atoms with Crippen LogP contribution >= 0.6 is 0 Å². The van der Waals surface area contributed by atoms with Gasteiger partial charge in [-0.15, -0.1) is 0 Å². The Morgan fingerprint density at radius 3 is 2.25 bits per heavy atom. The van der Waals surface area contributed by atoms with Gasteiger partial charge in [-0.1, -0.05) is 46.0 Å². The second-order valence-electron chi connectivity index (χ2n) is 3.11. The summed E-state index contributed by atoms with van der Waals surface area (Å²) in [5.74, 6) is 0. The van der Waals surface area contributed by atoms with Gasteiger partial charge in [0.1, 0.15) is 0 Å². The fourth-order valence-electron chi connectivity index (χ4n) is 1.13. The van der Waals surface area contributed by atoms with Crippen molar-refractivity contribution in [2.24, 2.45) is 0 Å². The second-order valence-corrected chi connectivity index (χ2v) is 3.11. The molecule has 0 amide bonds. The summed E-state index contributed by atoms with van der Waals surface area (Å²) in [6.07, 6.45) is 7.96. The summed E-state index contributed by atoms with van der Waals surface area (Å²) >= 11 is 0. The van der Waals surface area contributed by atoms with Crippen molar-refractivity contribution < 1.29 is 4.84 Å². The van der Waals surface area contributed by atoms with Gasteiger partial charge in [-0.3, -0.25) is 0 Å². The largest absolute Gasteiger partial charge is 0.302 e. The highest BCUT2D eigenvalue weighted by molar-refractivity contribution is 4.42. The van der Waals surface area contributed by atoms with Gasteiger partial charge in [0, 0.05) is 6.54 Å². The molecule has 0 spiro atoms. The van der Waals surface area contributed by atoms with Crippen LogP contribution in [0.3, 0.4) is 0 Å². The highest BCUT2D eigenvalue weighted by Crippen LogP contribution is 2.04. The Bertz CT molecular complexity index is 66.2. The SMILES string of the molecule is CCCCCCCCONCC. The maximum absolute atomic E-state index is 5.14. The molecular weight excluding hydrogens is 150 g/mol. The van der Waals surface area contributed by atoms with Crippen LogP contribution in [0.2, 0.25) is 0 Å². The highest BCUT2D eigenvalue weighted by atomic mass is 16.6. The van der Waals surface area contributed by atoms with Gasteiger partial charge < -0.3 is 4.84 Å². The van der Waals surface area contributed by atoms with Crippen LogP contribution in [0.25, 0.3) is 0 Å². The van der Waals surface area contributed by atoms with Crippen molar-refractivity contribution in [1.82, 2.24) is 5.48 Å². The van der Waals surface area contributed by atoms with E-state index in [4.69, 9.17) is 4.84 Å². The Morgan fingerprint density at radius 1 is 0.917 bits per heavy atom. The first-order valence-electron chi connectivity index (χ1n) is 5.26. The lowest BCUT2D eigenvalue weighted by Crippen LogP contribution is -2.14. The normalized spacial score (nSPS) is 10.5. The summed E-state index contributed by atoms with van der Waals surface area (Å²) in [6, 6.07) is 0. The number of hydrogen-bond donors (Lipinski definition) is 1. The standard InChI is InChI=1S/C10H23NO/c1-3-5-6-7-8-9-10-12-11-4-2/h11H,3-10H2,1-2H3. The van der Waals surface area contributed by atoms with E-state index in [0.29, 0.717) is 0 Å². The quantitative estimate of drug-likeness (QED) is 0.427. The number of hydrogen-bond acceptors (Lipinski definition) is 2. The maximum Gasteiger partial charge on any atom is 0.0682 e. The fourth-order valence-corrected chi connectivity index (χ4v) is 1.13. The Kier molecular flexibility index (Phi) is 10.8. The van der Waals surface area contributed by atoms with Crippen LogP contribution in [-0.2, 0) is 4.84 Å². The van der Waals surface area contributed by atoms with E-state index in [-0.39, 0.29) is 0 Å². The summed E-state index contributed by atoms with van der Waals surface area (Å²) in [5.41, 5.74) is 2.85. The molecule has 0 heterocycles. The van der Waals surface area contributed by atoms with Crippen LogP contribution < -0.4 is 5.48 Å². The van der Waals surface area contributed by atoms with Crippen LogP contribution in [0.15, 0.2) is 0 Å². The maximum atomic E-state index is 5.14. The summed E-state index contributed by atoms with van der Waals surface area (Å²) in [5, 5.41) is 0. The smallest absolute Gasteiger partial charge is 0.0682 e. The lowest BCUT2D eigenvalue weighted by molar-refractivity contribution is 0.0419. The second kappa shape index (κ2) is 10.9. The molecule has 74 valence electrons. The van der Waals surface area contributed by atoms with E-state index in [0.717, 1.165) is 13.2 Å². The van der Waals surface area contributed by atoms with Crippen molar-refractivity contribution in [3.8, 4) is 0 Å². The molecule has 0 saturated carbocycles. The van der Waals surface area contributed by atoms with Gasteiger partial charge >= 0.3 is 0 Å². The molecule has 0 radical (unpaired) electrons. The fraction of sp³-hybridized carbons (Fsp3) is 1.00. The first-order chi connectivity index (χ1) is 5.91. The molecule has 0 rings (SSSR count). The monoisotopic (exact) mass is 173 g/mol. The molecule has 0 unspecified atom stereocenters. The minimum Gasteiger partial charge on any atom is -0.302 e. The first-order valence-corrected chi connectivity index (χ1v) is 5.26. The molecule has 0 aromatic rings. The Hall–Kier alpha value is -0.0800. The molecule has 1 N–H and O–H groups in total. The van der Waals surface area contributed by atoms with Gasteiger partial charge in [-0.2, -0.15) is 0 Å². The van der Waals surface area contributed by atoms with Gasteiger partial charge in [-0.05, 0) is 6.42 Å². The van der Waals surface area contributed by atoms with Crippen LogP contribution in [0.5, 0.6) is 0 Å². The summed E-state index contributed by atoms with van der Waals surface area (Å²) in [6.45, 7) is 6.05. The lowest BCUT2D eigenvalue weighted by Gasteiger charge is -2.02. The van der Waals surface area contributed by atoms with Crippen LogP contribution in [0.4, 0.5) is 0 Å². The molecule has 0 bridgehead atoms. The van der Waals surface area contributed by atoms with Crippen molar-refractivity contribution in [2.45, 2.75) is 52.4 Å². The summed E-state index contributed by atoms with van der Waals surface area (Å²) in [4.78, 5) is 5.14. The number of unbranched alkanes of at least 4 members (excludes halogenated alkanes) is 5. The molecule has 0 aliphatic carbocycles. The molecule has 2 nitrogen and oxygen atoms in total. The minimum atomic E-state index is 0.861. The first kappa shape index (κ1) is 11.9. The van der Waals surface area contributed by atoms with Crippen molar-refractivity contribution in [3.05, 3.63) is 0 Å². The molecule has 0 aromatic heterocycles. The van der Waals surface area contributed by atoms with Crippen molar-refractivity contribution in [3.63, 3.8) is 0 Å². The van der Waals surface area contributed by atoms with E-state index in [1.54, 1.807) is 0 Å². The van der Waals surface area contributed by atoms with E-state index in [1.807, 2.05) is 6.92 Å². The topological polar surface area (TPSA) is 21.3 Å². The molecule has 0 saturated heterocycles. The number of hydroxylamine groups is 1. The average molecular weight is 173 g/mol. The van der Waals surface area contributed by atoms with Crippen LogP contribution in [0.1, 0.15) is 52.4 Å². The Balaban J connectivity index is 2.73. The predicted molar refractivity (Wildman–Crippen MR) is 53.0 cm³/mol. The highest BCUT2D eigenvalue weighted by Gasteiger charge is 1.89. The zero-order valence-corrected chi connectivity index (χ0v) is 8.57. The molecule has 0 aromatic carbocycles. The number of rotatable bonds is 9. The molecule has 12 heavy (non-hydrogen) atoms. The van der Waals surface area contributed by atoms with Crippen molar-refractivity contribution >= 4 is 0 Å². The van der Waals surface area contributed by atoms with Crippen LogP contribution in [-0.4, -0.2) is 13.2 Å². The van der Waals surface area contributed by atoms with Crippen molar-refractivity contribution in [1.29, 1.82) is 0 Å². The molecule has 0 fully saturated rings. The van der Waals surface area contributed by atoms with E-state index >= 15 is 0 Å². The zero-order valence-electron chi connectivity index (χ0n) is 8.57. The van der Waals surface area contributed by atoms with E-state index in [1.165, 1.54) is 38.5 Å². The van der Waals surface area contributed by atoms with Gasteiger partial charge in [0.05, 0.1) is 6.61 Å². The minimum absolute atomic E-state index is 0.861. The average Bonchev–Trinajstić information content (AvgIpc) is 2.10. The van der Waals surface area contributed by atoms with Crippen LogP contribution in [0, 0.1) is 0 Å². The van der Waals surface area contributed by atoms with Gasteiger partial charge in [0.25, 0.3) is 0 Å². The van der Waals surface area contributed by atoms with E-state index in [2.05, 4.69) is 12.4 Å². The third-order valence-electron chi connectivity index (χ3n) is 1.85. The predicted octanol–water partition coefficient (Wildman–Crippen LogP) is 2.89. The molecular formula is C10H23NO. The van der Waals surface area contributed by atoms with Gasteiger partial charge in [0.2, 0.25) is 0 Å². The summed E-state index contributed by atoms with van der Waals surface area (Å²) < 4.78 is 0. The third kappa shape index (κ3) is 9.92. The van der Waals surface area contributed by atoms with Gasteiger partial charge in [0.15, 0.2) is 0 Å². The number of nitrogens with one attached hydrogen (secondary N) is 1. The van der Waals surface area contributed by atoms with Crippen molar-refractivity contribution in [2.75, 3.05) is 13.2 Å². The zero-order chi connectivity index (χ0) is 9.07. The molecule has 0 atom stereocenters. The van der Waals surface area contributed by atoms with Gasteiger partial charge in [-0.25, -0.2) is 5.48 Å². The Morgan fingerprint density at radius 2 is 1.58 bits per heavy atom. The molecule has 0 aliphatic heterocycles.